The number of amides is 2. The molecule has 5 heterocycles. The van der Waals surface area contributed by atoms with E-state index in [4.69, 9.17) is 4.98 Å². The molecule has 3 aromatic heterocycles. The van der Waals surface area contributed by atoms with E-state index in [0.29, 0.717) is 40.4 Å². The molecule has 11 heteroatoms. The number of H-pyrrole nitrogens is 1. The first-order valence-electron chi connectivity index (χ1n) is 12.8. The van der Waals surface area contributed by atoms with Gasteiger partial charge in [-0.25, -0.2) is 14.4 Å². The molecule has 1 aromatic carbocycles. The van der Waals surface area contributed by atoms with E-state index in [9.17, 15) is 14.0 Å². The predicted molar refractivity (Wildman–Crippen MR) is 149 cm³/mol. The first-order valence-corrected chi connectivity index (χ1v) is 13.6. The summed E-state index contributed by atoms with van der Waals surface area (Å²) in [5.41, 5.74) is 3.81. The van der Waals surface area contributed by atoms with Crippen molar-refractivity contribution in [3.8, 4) is 11.3 Å². The van der Waals surface area contributed by atoms with E-state index in [0.717, 1.165) is 60.7 Å². The molecule has 2 aliphatic rings. The van der Waals surface area contributed by atoms with Gasteiger partial charge >= 0.3 is 0 Å². The number of thioether (sulfide) groups is 1. The Morgan fingerprint density at radius 3 is 2.79 bits per heavy atom. The van der Waals surface area contributed by atoms with Crippen molar-refractivity contribution in [2.45, 2.75) is 19.4 Å². The summed E-state index contributed by atoms with van der Waals surface area (Å²) in [6.45, 7) is 2.92. The average Bonchev–Trinajstić information content (AvgIpc) is 3.53. The molecule has 9 nitrogen and oxygen atoms in total. The molecule has 0 radical (unpaired) electrons. The largest absolute Gasteiger partial charge is 0.361 e. The number of fused-ring (bicyclic) bond motifs is 1. The molecule has 2 saturated heterocycles. The number of aromatic nitrogens is 4. The fourth-order valence-corrected chi connectivity index (χ4v) is 5.56. The summed E-state index contributed by atoms with van der Waals surface area (Å²) in [5.74, 6) is 0.386. The van der Waals surface area contributed by atoms with Crippen molar-refractivity contribution in [2.75, 3.05) is 24.5 Å². The first-order chi connectivity index (χ1) is 19.0. The zero-order valence-corrected chi connectivity index (χ0v) is 21.8. The molecule has 2 aliphatic heterocycles. The highest BCUT2D eigenvalue weighted by molar-refractivity contribution is 8.18. The maximum Gasteiger partial charge on any atom is 0.290 e. The van der Waals surface area contributed by atoms with Crippen LogP contribution in [0.2, 0.25) is 0 Å². The number of hydrogen-bond donors (Lipinski definition) is 3. The van der Waals surface area contributed by atoms with E-state index in [2.05, 4.69) is 30.5 Å². The standard InChI is InChI=1S/C28H26FN7O2S/c29-20-12-22(33-24(13-20)18-1-2-23-19(11-18)3-7-31-23)16-30-15-17-5-9-36(10-6-17)27-32-8-4-21(34-27)14-25-26(37)35-28(38)39-25/h1-4,7-8,11-14,17,30-31H,5-6,9-10,15-16H2,(H,35,37,38)/b25-14+. The predicted octanol–water partition coefficient (Wildman–Crippen LogP) is 4.49. The summed E-state index contributed by atoms with van der Waals surface area (Å²) < 4.78 is 14.4. The molecule has 0 bridgehead atoms. The SMILES string of the molecule is O=C1NC(=O)/C(=C\c2ccnc(N3CCC(CNCc4cc(F)cc(-c5ccc6[nH]ccc6c5)n4)CC3)n2)S1. The van der Waals surface area contributed by atoms with Crippen LogP contribution >= 0.6 is 11.8 Å². The van der Waals surface area contributed by atoms with Gasteiger partial charge < -0.3 is 15.2 Å². The zero-order chi connectivity index (χ0) is 26.8. The van der Waals surface area contributed by atoms with Crippen LogP contribution in [0.1, 0.15) is 24.2 Å². The van der Waals surface area contributed by atoms with Crippen molar-refractivity contribution in [1.29, 1.82) is 0 Å². The minimum Gasteiger partial charge on any atom is -0.361 e. The lowest BCUT2D eigenvalue weighted by atomic mass is 9.97. The monoisotopic (exact) mass is 543 g/mol. The number of pyridine rings is 1. The number of nitrogens with one attached hydrogen (secondary N) is 3. The lowest BCUT2D eigenvalue weighted by Crippen LogP contribution is -2.38. The summed E-state index contributed by atoms with van der Waals surface area (Å²) >= 11 is 0.871. The molecule has 0 aliphatic carbocycles. The second kappa shape index (κ2) is 11.0. The number of benzene rings is 1. The quantitative estimate of drug-likeness (QED) is 0.292. The van der Waals surface area contributed by atoms with Gasteiger partial charge in [0, 0.05) is 54.6 Å². The highest BCUT2D eigenvalue weighted by Crippen LogP contribution is 2.27. The third-order valence-electron chi connectivity index (χ3n) is 6.91. The van der Waals surface area contributed by atoms with Gasteiger partial charge in [0.05, 0.1) is 22.0 Å². The third kappa shape index (κ3) is 5.84. The lowest BCUT2D eigenvalue weighted by Gasteiger charge is -2.32. The Labute approximate surface area is 228 Å². The second-order valence-electron chi connectivity index (χ2n) is 9.64. The number of nitrogens with zero attached hydrogens (tertiary/aromatic N) is 4. The Bertz CT molecular complexity index is 1580. The van der Waals surface area contributed by atoms with Gasteiger partial charge in [-0.15, -0.1) is 0 Å². The molecule has 39 heavy (non-hydrogen) atoms. The van der Waals surface area contributed by atoms with Crippen molar-refractivity contribution >= 4 is 45.8 Å². The molecule has 0 saturated carbocycles. The molecule has 2 fully saturated rings. The Balaban J connectivity index is 1.02. The van der Waals surface area contributed by atoms with E-state index < -0.39 is 5.91 Å². The topological polar surface area (TPSA) is 116 Å². The van der Waals surface area contributed by atoms with Gasteiger partial charge in [-0.2, -0.15) is 0 Å². The molecule has 2 amide bonds. The Kier molecular flexibility index (Phi) is 7.08. The molecule has 4 aromatic rings. The summed E-state index contributed by atoms with van der Waals surface area (Å²) in [6, 6.07) is 12.6. The van der Waals surface area contributed by atoms with Gasteiger partial charge in [-0.1, -0.05) is 6.07 Å². The molecule has 0 unspecified atom stereocenters. The Morgan fingerprint density at radius 2 is 1.97 bits per heavy atom. The van der Waals surface area contributed by atoms with Crippen molar-refractivity contribution in [3.63, 3.8) is 0 Å². The number of piperidine rings is 1. The number of anilines is 1. The van der Waals surface area contributed by atoms with Gasteiger partial charge in [-0.3, -0.25) is 19.9 Å². The van der Waals surface area contributed by atoms with Crippen LogP contribution in [0.4, 0.5) is 15.1 Å². The maximum atomic E-state index is 14.4. The van der Waals surface area contributed by atoms with Crippen molar-refractivity contribution < 1.29 is 14.0 Å². The number of rotatable bonds is 7. The van der Waals surface area contributed by atoms with E-state index in [1.165, 1.54) is 12.1 Å². The Hall–Kier alpha value is -4.09. The summed E-state index contributed by atoms with van der Waals surface area (Å²) in [6.07, 6.45) is 7.09. The number of hydrogen-bond acceptors (Lipinski definition) is 8. The van der Waals surface area contributed by atoms with E-state index >= 15 is 0 Å². The van der Waals surface area contributed by atoms with Crippen molar-refractivity contribution in [2.24, 2.45) is 5.92 Å². The highest BCUT2D eigenvalue weighted by Gasteiger charge is 2.26. The van der Waals surface area contributed by atoms with Gasteiger partial charge in [0.15, 0.2) is 0 Å². The van der Waals surface area contributed by atoms with Crippen LogP contribution in [-0.2, 0) is 11.3 Å². The molecular weight excluding hydrogens is 517 g/mol. The fraction of sp³-hybridized carbons (Fsp3) is 0.250. The molecule has 6 rings (SSSR count). The van der Waals surface area contributed by atoms with Crippen LogP contribution in [0.3, 0.4) is 0 Å². The number of carbonyl (C=O) groups excluding carboxylic acids is 2. The second-order valence-corrected chi connectivity index (χ2v) is 10.7. The summed E-state index contributed by atoms with van der Waals surface area (Å²) in [4.78, 5) is 42.5. The van der Waals surface area contributed by atoms with Crippen LogP contribution in [0, 0.1) is 11.7 Å². The van der Waals surface area contributed by atoms with E-state index in [1.807, 2.05) is 30.5 Å². The number of carbonyl (C=O) groups is 2. The third-order valence-corrected chi connectivity index (χ3v) is 7.72. The fourth-order valence-electron chi connectivity index (χ4n) is 4.89. The van der Waals surface area contributed by atoms with Crippen LogP contribution in [0.15, 0.2) is 59.8 Å². The molecule has 3 N–H and O–H groups in total. The number of imide groups is 1. The van der Waals surface area contributed by atoms with Crippen LogP contribution < -0.4 is 15.5 Å². The van der Waals surface area contributed by atoms with Gasteiger partial charge in [-0.05, 0) is 73.5 Å². The minimum atomic E-state index is -0.402. The lowest BCUT2D eigenvalue weighted by molar-refractivity contribution is -0.115. The van der Waals surface area contributed by atoms with Crippen molar-refractivity contribution in [1.82, 2.24) is 30.6 Å². The highest BCUT2D eigenvalue weighted by atomic mass is 32.2. The maximum absolute atomic E-state index is 14.4. The van der Waals surface area contributed by atoms with Gasteiger partial charge in [0.25, 0.3) is 11.1 Å². The minimum absolute atomic E-state index is 0.295. The number of halogens is 1. The summed E-state index contributed by atoms with van der Waals surface area (Å²) in [7, 11) is 0. The Morgan fingerprint density at radius 1 is 1.10 bits per heavy atom. The molecule has 198 valence electrons. The van der Waals surface area contributed by atoms with E-state index in [-0.39, 0.29) is 11.1 Å². The van der Waals surface area contributed by atoms with Gasteiger partial charge in [0.2, 0.25) is 5.95 Å². The van der Waals surface area contributed by atoms with E-state index in [1.54, 1.807) is 18.3 Å². The average molecular weight is 544 g/mol. The molecule has 0 spiro atoms. The smallest absolute Gasteiger partial charge is 0.290 e. The van der Waals surface area contributed by atoms with Crippen LogP contribution in [-0.4, -0.2) is 50.7 Å². The van der Waals surface area contributed by atoms with Crippen molar-refractivity contribution in [3.05, 3.63) is 77.0 Å². The first kappa shape index (κ1) is 25.2. The summed E-state index contributed by atoms with van der Waals surface area (Å²) in [5, 5.41) is 6.39. The van der Waals surface area contributed by atoms with Crippen LogP contribution in [0.25, 0.3) is 28.2 Å². The zero-order valence-electron chi connectivity index (χ0n) is 21.0. The van der Waals surface area contributed by atoms with Gasteiger partial charge in [0.1, 0.15) is 5.82 Å². The molecule has 0 atom stereocenters. The normalized spacial score (nSPS) is 17.4. The molecular formula is C28H26FN7O2S. The number of aromatic amines is 1. The van der Waals surface area contributed by atoms with Crippen LogP contribution in [0.5, 0.6) is 0 Å².